The van der Waals surface area contributed by atoms with Crippen molar-refractivity contribution in [3.8, 4) is 5.75 Å². The molecule has 2 N–H and O–H groups in total. The molecule has 5 heteroatoms. The van der Waals surface area contributed by atoms with Crippen LogP contribution in [0.15, 0.2) is 36.4 Å². The standard InChI is InChI=1S/C18H23NO3S/c1-11(2)22-18(20)17(19)16(15-10-5-12(3)23-15)13-6-8-14(21-4)9-7-13/h5-11,16-17H,19H2,1-4H3/t16-,17-/m0/s1. The van der Waals surface area contributed by atoms with Crippen molar-refractivity contribution < 1.29 is 14.3 Å². The molecule has 0 aliphatic heterocycles. The molecule has 0 aliphatic carbocycles. The van der Waals surface area contributed by atoms with E-state index in [1.54, 1.807) is 18.4 Å². The van der Waals surface area contributed by atoms with E-state index in [4.69, 9.17) is 15.2 Å². The van der Waals surface area contributed by atoms with E-state index in [-0.39, 0.29) is 18.0 Å². The number of rotatable bonds is 6. The van der Waals surface area contributed by atoms with Gasteiger partial charge in [-0.3, -0.25) is 4.79 Å². The fourth-order valence-electron chi connectivity index (χ4n) is 2.43. The Kier molecular flexibility index (Phi) is 5.80. The summed E-state index contributed by atoms with van der Waals surface area (Å²) in [6, 6.07) is 11.0. The third-order valence-corrected chi connectivity index (χ3v) is 4.61. The Bertz CT molecular complexity index is 649. The Labute approximate surface area is 141 Å². The van der Waals surface area contributed by atoms with Gasteiger partial charge in [0, 0.05) is 15.7 Å². The van der Waals surface area contributed by atoms with E-state index in [9.17, 15) is 4.79 Å². The number of nitrogens with two attached hydrogens (primary N) is 1. The lowest BCUT2D eigenvalue weighted by Crippen LogP contribution is -2.39. The first kappa shape index (κ1) is 17.5. The van der Waals surface area contributed by atoms with Crippen molar-refractivity contribution in [2.75, 3.05) is 7.11 Å². The second-order valence-corrected chi connectivity index (χ2v) is 7.03. The minimum atomic E-state index is -0.746. The van der Waals surface area contributed by atoms with E-state index in [0.29, 0.717) is 0 Å². The van der Waals surface area contributed by atoms with E-state index in [1.807, 2.05) is 57.2 Å². The third-order valence-electron chi connectivity index (χ3n) is 3.53. The van der Waals surface area contributed by atoms with E-state index in [0.717, 1.165) is 16.2 Å². The van der Waals surface area contributed by atoms with E-state index in [2.05, 4.69) is 0 Å². The molecule has 0 spiro atoms. The molecule has 1 aromatic carbocycles. The van der Waals surface area contributed by atoms with Crippen molar-refractivity contribution in [1.82, 2.24) is 0 Å². The number of carbonyl (C=O) groups excluding carboxylic acids is 1. The Hall–Kier alpha value is -1.85. The zero-order chi connectivity index (χ0) is 17.0. The number of esters is 1. The molecule has 0 saturated heterocycles. The van der Waals surface area contributed by atoms with Gasteiger partial charge in [0.15, 0.2) is 0 Å². The first-order valence-electron chi connectivity index (χ1n) is 7.58. The van der Waals surface area contributed by atoms with Crippen molar-refractivity contribution in [2.45, 2.75) is 38.8 Å². The number of methoxy groups -OCH3 is 1. The normalized spacial score (nSPS) is 13.7. The summed E-state index contributed by atoms with van der Waals surface area (Å²) in [5.41, 5.74) is 7.23. The average molecular weight is 333 g/mol. The number of thiophene rings is 1. The molecular weight excluding hydrogens is 310 g/mol. The van der Waals surface area contributed by atoms with Crippen LogP contribution in [0.3, 0.4) is 0 Å². The summed E-state index contributed by atoms with van der Waals surface area (Å²) >= 11 is 1.65. The first-order valence-corrected chi connectivity index (χ1v) is 8.40. The molecule has 2 rings (SSSR count). The fourth-order valence-corrected chi connectivity index (χ4v) is 3.48. The van der Waals surface area contributed by atoms with Crippen LogP contribution in [0.4, 0.5) is 0 Å². The van der Waals surface area contributed by atoms with Crippen LogP contribution >= 0.6 is 11.3 Å². The number of hydrogen-bond donors (Lipinski definition) is 1. The zero-order valence-electron chi connectivity index (χ0n) is 13.9. The van der Waals surface area contributed by atoms with Gasteiger partial charge in [-0.1, -0.05) is 12.1 Å². The Morgan fingerprint density at radius 2 is 1.78 bits per heavy atom. The van der Waals surface area contributed by atoms with E-state index >= 15 is 0 Å². The van der Waals surface area contributed by atoms with Crippen LogP contribution in [-0.4, -0.2) is 25.2 Å². The summed E-state index contributed by atoms with van der Waals surface area (Å²) in [5.74, 6) is 0.158. The van der Waals surface area contributed by atoms with Crippen LogP contribution in [0.2, 0.25) is 0 Å². The molecule has 2 aromatic rings. The lowest BCUT2D eigenvalue weighted by molar-refractivity contribution is -0.149. The maximum atomic E-state index is 12.3. The van der Waals surface area contributed by atoms with Crippen LogP contribution in [0.1, 0.15) is 35.1 Å². The predicted octanol–water partition coefficient (Wildman–Crippen LogP) is 3.48. The van der Waals surface area contributed by atoms with Gasteiger partial charge in [0.05, 0.1) is 13.2 Å². The van der Waals surface area contributed by atoms with Gasteiger partial charge in [0.1, 0.15) is 11.8 Å². The fraction of sp³-hybridized carbons (Fsp3) is 0.389. The van der Waals surface area contributed by atoms with Crippen LogP contribution < -0.4 is 10.5 Å². The molecule has 0 bridgehead atoms. The SMILES string of the molecule is COc1ccc([C@@H](c2ccc(C)s2)[C@H](N)C(=O)OC(C)C)cc1. The molecule has 124 valence electrons. The van der Waals surface area contributed by atoms with E-state index < -0.39 is 6.04 Å². The molecule has 1 aromatic heterocycles. The van der Waals surface area contributed by atoms with Crippen molar-refractivity contribution in [1.29, 1.82) is 0 Å². The monoisotopic (exact) mass is 333 g/mol. The summed E-state index contributed by atoms with van der Waals surface area (Å²) in [4.78, 5) is 14.5. The van der Waals surface area contributed by atoms with Gasteiger partial charge in [-0.15, -0.1) is 11.3 Å². The first-order chi connectivity index (χ1) is 10.9. The van der Waals surface area contributed by atoms with Crippen molar-refractivity contribution in [2.24, 2.45) is 5.73 Å². The van der Waals surface area contributed by atoms with Crippen LogP contribution in [-0.2, 0) is 9.53 Å². The van der Waals surface area contributed by atoms with Gasteiger partial charge in [0.2, 0.25) is 0 Å². The van der Waals surface area contributed by atoms with Crippen molar-refractivity contribution >= 4 is 17.3 Å². The quantitative estimate of drug-likeness (QED) is 0.822. The van der Waals surface area contributed by atoms with Gasteiger partial charge >= 0.3 is 5.97 Å². The third kappa shape index (κ3) is 4.33. The van der Waals surface area contributed by atoms with Crippen molar-refractivity contribution in [3.05, 3.63) is 51.7 Å². The van der Waals surface area contributed by atoms with Gasteiger partial charge in [0.25, 0.3) is 0 Å². The van der Waals surface area contributed by atoms with E-state index in [1.165, 1.54) is 4.88 Å². The molecule has 2 atom stereocenters. The highest BCUT2D eigenvalue weighted by atomic mass is 32.1. The van der Waals surface area contributed by atoms with Gasteiger partial charge < -0.3 is 15.2 Å². The Morgan fingerprint density at radius 1 is 1.13 bits per heavy atom. The molecule has 23 heavy (non-hydrogen) atoms. The predicted molar refractivity (Wildman–Crippen MR) is 93.1 cm³/mol. The summed E-state index contributed by atoms with van der Waals surface area (Å²) in [7, 11) is 1.63. The topological polar surface area (TPSA) is 61.5 Å². The zero-order valence-corrected chi connectivity index (χ0v) is 14.7. The van der Waals surface area contributed by atoms with Crippen LogP contribution in [0.5, 0.6) is 5.75 Å². The maximum Gasteiger partial charge on any atom is 0.324 e. The van der Waals surface area contributed by atoms with Gasteiger partial charge in [-0.25, -0.2) is 0 Å². The number of ether oxygens (including phenoxy) is 2. The molecule has 0 saturated carbocycles. The summed E-state index contributed by atoms with van der Waals surface area (Å²) in [6.07, 6.45) is -0.185. The minimum Gasteiger partial charge on any atom is -0.497 e. The second-order valence-electron chi connectivity index (χ2n) is 5.71. The number of carbonyl (C=O) groups is 1. The number of hydrogen-bond acceptors (Lipinski definition) is 5. The number of aryl methyl sites for hydroxylation is 1. The highest BCUT2D eigenvalue weighted by Gasteiger charge is 2.30. The highest BCUT2D eigenvalue weighted by Crippen LogP contribution is 2.33. The van der Waals surface area contributed by atoms with Gasteiger partial charge in [-0.05, 0) is 50.6 Å². The molecule has 0 unspecified atom stereocenters. The molecule has 0 aliphatic rings. The van der Waals surface area contributed by atoms with Crippen LogP contribution in [0.25, 0.3) is 0 Å². The lowest BCUT2D eigenvalue weighted by atomic mass is 9.90. The molecule has 4 nitrogen and oxygen atoms in total. The number of benzene rings is 1. The Morgan fingerprint density at radius 3 is 2.26 bits per heavy atom. The molecule has 0 fully saturated rings. The van der Waals surface area contributed by atoms with Gasteiger partial charge in [-0.2, -0.15) is 0 Å². The second kappa shape index (κ2) is 7.62. The lowest BCUT2D eigenvalue weighted by Gasteiger charge is -2.23. The summed E-state index contributed by atoms with van der Waals surface area (Å²) in [6.45, 7) is 5.68. The highest BCUT2D eigenvalue weighted by molar-refractivity contribution is 7.12. The molecule has 0 amide bonds. The largest absolute Gasteiger partial charge is 0.497 e. The molecule has 1 heterocycles. The minimum absolute atomic E-state index is 0.185. The molecular formula is C18H23NO3S. The summed E-state index contributed by atoms with van der Waals surface area (Å²) in [5, 5.41) is 0. The van der Waals surface area contributed by atoms with Crippen molar-refractivity contribution in [3.63, 3.8) is 0 Å². The molecule has 0 radical (unpaired) electrons. The summed E-state index contributed by atoms with van der Waals surface area (Å²) < 4.78 is 10.5. The Balaban J connectivity index is 2.36. The van der Waals surface area contributed by atoms with Crippen LogP contribution in [0, 0.1) is 6.92 Å². The average Bonchev–Trinajstić information content (AvgIpc) is 2.93. The maximum absolute atomic E-state index is 12.3. The smallest absolute Gasteiger partial charge is 0.324 e.